The van der Waals surface area contributed by atoms with Crippen LogP contribution in [0, 0.1) is 10.6 Å². The maximum absolute atomic E-state index is 9.19. The van der Waals surface area contributed by atoms with E-state index < -0.39 is 0 Å². The summed E-state index contributed by atoms with van der Waals surface area (Å²) in [5.41, 5.74) is 0.838. The highest BCUT2D eigenvalue weighted by Crippen LogP contribution is 2.24. The molecule has 0 saturated carbocycles. The van der Waals surface area contributed by atoms with Crippen molar-refractivity contribution in [3.63, 3.8) is 0 Å². The van der Waals surface area contributed by atoms with Gasteiger partial charge in [0.2, 0.25) is 5.88 Å². The minimum Gasteiger partial charge on any atom is -0.505 e. The standard InChI is InChI=1S/C7H8INO2/c1-4-3-5(10)6(8)9-7(4)11-2/h3,10H,1-2H3. The summed E-state index contributed by atoms with van der Waals surface area (Å²) < 4.78 is 5.51. The third-order valence-corrected chi connectivity index (χ3v) is 2.09. The molecule has 0 radical (unpaired) electrons. The molecule has 0 aliphatic rings. The van der Waals surface area contributed by atoms with E-state index in [-0.39, 0.29) is 5.75 Å². The number of pyridine rings is 1. The fourth-order valence-electron chi connectivity index (χ4n) is 0.768. The number of aryl methyl sites for hydroxylation is 1. The summed E-state index contributed by atoms with van der Waals surface area (Å²) in [6.45, 7) is 1.83. The first-order valence-corrected chi connectivity index (χ1v) is 4.13. The van der Waals surface area contributed by atoms with Crippen LogP contribution >= 0.6 is 22.6 Å². The van der Waals surface area contributed by atoms with Crippen LogP contribution in [0.25, 0.3) is 0 Å². The van der Waals surface area contributed by atoms with Crippen LogP contribution in [0.5, 0.6) is 11.6 Å². The second-order valence-corrected chi connectivity index (χ2v) is 3.15. The van der Waals surface area contributed by atoms with Gasteiger partial charge in [-0.15, -0.1) is 0 Å². The average Bonchev–Trinajstić information content (AvgIpc) is 1.97. The fraction of sp³-hybridized carbons (Fsp3) is 0.286. The van der Waals surface area contributed by atoms with Crippen molar-refractivity contribution in [3.8, 4) is 11.6 Å². The highest BCUT2D eigenvalue weighted by atomic mass is 127. The number of aromatic hydroxyl groups is 1. The largest absolute Gasteiger partial charge is 0.505 e. The van der Waals surface area contributed by atoms with Gasteiger partial charge in [0, 0.05) is 5.56 Å². The first-order valence-electron chi connectivity index (χ1n) is 3.05. The molecule has 1 heterocycles. The maximum atomic E-state index is 9.19. The summed E-state index contributed by atoms with van der Waals surface area (Å²) in [7, 11) is 1.56. The monoisotopic (exact) mass is 265 g/mol. The van der Waals surface area contributed by atoms with Gasteiger partial charge in [0.1, 0.15) is 9.45 Å². The predicted molar refractivity (Wildman–Crippen MR) is 49.9 cm³/mol. The lowest BCUT2D eigenvalue weighted by Crippen LogP contribution is -1.93. The van der Waals surface area contributed by atoms with Crippen molar-refractivity contribution in [3.05, 3.63) is 15.3 Å². The Bertz CT molecular complexity index is 275. The number of hydrogen-bond donors (Lipinski definition) is 1. The molecular weight excluding hydrogens is 257 g/mol. The van der Waals surface area contributed by atoms with E-state index in [0.717, 1.165) is 5.56 Å². The van der Waals surface area contributed by atoms with Gasteiger partial charge in [0.05, 0.1) is 7.11 Å². The van der Waals surface area contributed by atoms with E-state index >= 15 is 0 Å². The lowest BCUT2D eigenvalue weighted by atomic mass is 10.3. The van der Waals surface area contributed by atoms with E-state index in [4.69, 9.17) is 4.74 Å². The Morgan fingerprint density at radius 2 is 2.27 bits per heavy atom. The molecule has 0 aliphatic carbocycles. The Kier molecular flexibility index (Phi) is 2.53. The molecule has 0 saturated heterocycles. The number of nitrogens with zero attached hydrogens (tertiary/aromatic N) is 1. The van der Waals surface area contributed by atoms with Crippen molar-refractivity contribution in [2.45, 2.75) is 6.92 Å². The molecule has 0 fully saturated rings. The van der Waals surface area contributed by atoms with Crippen molar-refractivity contribution in [1.29, 1.82) is 0 Å². The zero-order chi connectivity index (χ0) is 8.43. The Morgan fingerprint density at radius 3 is 2.82 bits per heavy atom. The lowest BCUT2D eigenvalue weighted by Gasteiger charge is -2.04. The third kappa shape index (κ3) is 1.74. The molecule has 4 heteroatoms. The molecule has 11 heavy (non-hydrogen) atoms. The average molecular weight is 265 g/mol. The fourth-order valence-corrected chi connectivity index (χ4v) is 1.14. The number of halogens is 1. The van der Waals surface area contributed by atoms with Gasteiger partial charge in [-0.2, -0.15) is 0 Å². The molecule has 0 aliphatic heterocycles. The molecule has 0 unspecified atom stereocenters. The minimum atomic E-state index is 0.198. The summed E-state index contributed by atoms with van der Waals surface area (Å²) >= 11 is 1.95. The van der Waals surface area contributed by atoms with Crippen LogP contribution < -0.4 is 4.74 Å². The number of hydrogen-bond acceptors (Lipinski definition) is 3. The van der Waals surface area contributed by atoms with Crippen LogP contribution in [0.2, 0.25) is 0 Å². The van der Waals surface area contributed by atoms with Crippen molar-refractivity contribution in [1.82, 2.24) is 4.98 Å². The molecule has 0 amide bonds. The van der Waals surface area contributed by atoms with Crippen LogP contribution in [0.4, 0.5) is 0 Å². The predicted octanol–water partition coefficient (Wildman–Crippen LogP) is 1.71. The van der Waals surface area contributed by atoms with Crippen LogP contribution in [0.3, 0.4) is 0 Å². The Hall–Kier alpha value is -0.520. The van der Waals surface area contributed by atoms with Gasteiger partial charge in [0.15, 0.2) is 0 Å². The summed E-state index contributed by atoms with van der Waals surface area (Å²) in [6.07, 6.45) is 0. The first-order chi connectivity index (χ1) is 5.15. The summed E-state index contributed by atoms with van der Waals surface area (Å²) in [5, 5.41) is 9.19. The molecule has 60 valence electrons. The van der Waals surface area contributed by atoms with Gasteiger partial charge in [-0.25, -0.2) is 4.98 Å². The van der Waals surface area contributed by atoms with Crippen molar-refractivity contribution >= 4 is 22.6 Å². The third-order valence-electron chi connectivity index (χ3n) is 1.29. The van der Waals surface area contributed by atoms with Crippen LogP contribution in [0.1, 0.15) is 5.56 Å². The smallest absolute Gasteiger partial charge is 0.217 e. The van der Waals surface area contributed by atoms with Crippen molar-refractivity contribution < 1.29 is 9.84 Å². The second kappa shape index (κ2) is 3.25. The van der Waals surface area contributed by atoms with E-state index in [2.05, 4.69) is 4.98 Å². The van der Waals surface area contributed by atoms with Gasteiger partial charge in [-0.1, -0.05) is 0 Å². The zero-order valence-electron chi connectivity index (χ0n) is 6.26. The molecule has 0 aromatic carbocycles. The van der Waals surface area contributed by atoms with E-state index in [1.54, 1.807) is 13.2 Å². The Morgan fingerprint density at radius 1 is 1.64 bits per heavy atom. The SMILES string of the molecule is COc1nc(I)c(O)cc1C. The van der Waals surface area contributed by atoms with E-state index in [0.29, 0.717) is 9.58 Å². The summed E-state index contributed by atoms with van der Waals surface area (Å²) in [5.74, 6) is 0.760. The molecule has 1 rings (SSSR count). The van der Waals surface area contributed by atoms with Crippen LogP contribution in [-0.4, -0.2) is 17.2 Å². The maximum Gasteiger partial charge on any atom is 0.217 e. The van der Waals surface area contributed by atoms with Gasteiger partial charge >= 0.3 is 0 Å². The second-order valence-electron chi connectivity index (χ2n) is 2.12. The van der Waals surface area contributed by atoms with Crippen LogP contribution in [-0.2, 0) is 0 Å². The molecule has 1 N–H and O–H groups in total. The normalized spacial score (nSPS) is 9.73. The highest BCUT2D eigenvalue weighted by molar-refractivity contribution is 14.1. The highest BCUT2D eigenvalue weighted by Gasteiger charge is 2.04. The summed E-state index contributed by atoms with van der Waals surface area (Å²) in [4.78, 5) is 4.01. The quantitative estimate of drug-likeness (QED) is 0.620. The molecule has 0 bridgehead atoms. The van der Waals surface area contributed by atoms with Gasteiger partial charge in [0.25, 0.3) is 0 Å². The van der Waals surface area contributed by atoms with Crippen LogP contribution in [0.15, 0.2) is 6.07 Å². The van der Waals surface area contributed by atoms with Gasteiger partial charge in [-0.3, -0.25) is 0 Å². The molecular formula is C7H8INO2. The molecule has 1 aromatic rings. The van der Waals surface area contributed by atoms with Gasteiger partial charge < -0.3 is 9.84 Å². The summed E-state index contributed by atoms with van der Waals surface area (Å²) in [6, 6.07) is 1.63. The minimum absolute atomic E-state index is 0.198. The molecule has 0 atom stereocenters. The lowest BCUT2D eigenvalue weighted by molar-refractivity contribution is 0.388. The molecule has 0 spiro atoms. The Balaban J connectivity index is 3.21. The van der Waals surface area contributed by atoms with E-state index in [1.165, 1.54) is 0 Å². The van der Waals surface area contributed by atoms with Gasteiger partial charge in [-0.05, 0) is 35.6 Å². The van der Waals surface area contributed by atoms with Crippen molar-refractivity contribution in [2.24, 2.45) is 0 Å². The number of ether oxygens (including phenoxy) is 1. The number of aromatic nitrogens is 1. The topological polar surface area (TPSA) is 42.4 Å². The molecule has 1 aromatic heterocycles. The molecule has 3 nitrogen and oxygen atoms in total. The zero-order valence-corrected chi connectivity index (χ0v) is 8.42. The Labute approximate surface area is 78.6 Å². The van der Waals surface area contributed by atoms with E-state index in [9.17, 15) is 5.11 Å². The first kappa shape index (κ1) is 8.58. The number of methoxy groups -OCH3 is 1. The van der Waals surface area contributed by atoms with Crippen molar-refractivity contribution in [2.75, 3.05) is 7.11 Å². The van der Waals surface area contributed by atoms with E-state index in [1.807, 2.05) is 29.5 Å². The number of rotatable bonds is 1.